The highest BCUT2D eigenvalue weighted by atomic mass is 19.1. The Morgan fingerprint density at radius 2 is 2.16 bits per heavy atom. The van der Waals surface area contributed by atoms with Crippen LogP contribution in [0.15, 0.2) is 18.2 Å². The molecule has 1 heterocycles. The molecule has 1 unspecified atom stereocenters. The van der Waals surface area contributed by atoms with Crippen LogP contribution in [0.3, 0.4) is 0 Å². The smallest absolute Gasteiger partial charge is 0.123 e. The number of nitrogens with one attached hydrogen (secondary N) is 1. The lowest BCUT2D eigenvalue weighted by Gasteiger charge is -2.37. The first-order valence-electron chi connectivity index (χ1n) is 6.63. The maximum absolute atomic E-state index is 13.1. The quantitative estimate of drug-likeness (QED) is 0.849. The zero-order valence-electron chi connectivity index (χ0n) is 11.6. The summed E-state index contributed by atoms with van der Waals surface area (Å²) in [5.41, 5.74) is 0.604. The Balaban J connectivity index is 1.84. The van der Waals surface area contributed by atoms with Crippen LogP contribution in [-0.2, 0) is 6.54 Å². The van der Waals surface area contributed by atoms with Gasteiger partial charge < -0.3 is 15.3 Å². The molecule has 0 bridgehead atoms. The van der Waals surface area contributed by atoms with Gasteiger partial charge in [0.1, 0.15) is 11.6 Å². The Morgan fingerprint density at radius 3 is 2.95 bits per heavy atom. The second-order valence-electron chi connectivity index (χ2n) is 5.30. The van der Waals surface area contributed by atoms with Gasteiger partial charge in [0, 0.05) is 44.3 Å². The zero-order chi connectivity index (χ0) is 13.8. The van der Waals surface area contributed by atoms with E-state index in [1.807, 2.05) is 0 Å². The summed E-state index contributed by atoms with van der Waals surface area (Å²) in [6.07, 6.45) is 0. The minimum Gasteiger partial charge on any atom is -0.508 e. The summed E-state index contributed by atoms with van der Waals surface area (Å²) >= 11 is 0. The van der Waals surface area contributed by atoms with Crippen LogP contribution in [0.25, 0.3) is 0 Å². The third kappa shape index (κ3) is 3.89. The van der Waals surface area contributed by atoms with Crippen LogP contribution >= 0.6 is 0 Å². The summed E-state index contributed by atoms with van der Waals surface area (Å²) in [4.78, 5) is 4.64. The summed E-state index contributed by atoms with van der Waals surface area (Å²) in [5.74, 6) is -0.174. The molecule has 2 N–H and O–H groups in total. The van der Waals surface area contributed by atoms with Crippen molar-refractivity contribution in [2.75, 3.05) is 40.3 Å². The minimum absolute atomic E-state index is 0.142. The molecule has 1 fully saturated rings. The van der Waals surface area contributed by atoms with Crippen LogP contribution < -0.4 is 5.32 Å². The van der Waals surface area contributed by atoms with Gasteiger partial charge in [0.2, 0.25) is 0 Å². The molecule has 4 nitrogen and oxygen atoms in total. The van der Waals surface area contributed by atoms with E-state index in [0.29, 0.717) is 18.2 Å². The van der Waals surface area contributed by atoms with E-state index in [2.05, 4.69) is 29.2 Å². The summed E-state index contributed by atoms with van der Waals surface area (Å²) in [7, 11) is 4.25. The molecule has 0 aliphatic carbocycles. The molecule has 0 amide bonds. The van der Waals surface area contributed by atoms with Crippen LogP contribution in [0, 0.1) is 5.82 Å². The Bertz CT molecular complexity index is 427. The number of likely N-dealkylation sites (N-methyl/N-ethyl adjacent to an activating group) is 2. The molecule has 0 spiro atoms. The number of hydrogen-bond acceptors (Lipinski definition) is 4. The second-order valence-corrected chi connectivity index (χ2v) is 5.30. The molecule has 0 aromatic heterocycles. The number of nitrogens with zero attached hydrogens (tertiary/aromatic N) is 2. The number of phenolic OH excluding ortho intramolecular Hbond substituents is 1. The third-order valence-corrected chi connectivity index (χ3v) is 3.72. The van der Waals surface area contributed by atoms with E-state index in [1.165, 1.54) is 18.2 Å². The van der Waals surface area contributed by atoms with E-state index in [9.17, 15) is 9.50 Å². The van der Waals surface area contributed by atoms with Gasteiger partial charge in [0.05, 0.1) is 0 Å². The fourth-order valence-electron chi connectivity index (χ4n) is 2.39. The standard InChI is InChI=1S/C14H22FN3O/c1-17-5-6-18(2)13(10-17)9-16-8-11-7-12(15)3-4-14(11)19/h3-4,7,13,16,19H,5-6,8-10H2,1-2H3. The van der Waals surface area contributed by atoms with Crippen molar-refractivity contribution < 1.29 is 9.50 Å². The average molecular weight is 267 g/mol. The van der Waals surface area contributed by atoms with Gasteiger partial charge in [-0.2, -0.15) is 0 Å². The van der Waals surface area contributed by atoms with Crippen LogP contribution in [0.2, 0.25) is 0 Å². The van der Waals surface area contributed by atoms with Gasteiger partial charge in [-0.25, -0.2) is 4.39 Å². The highest BCUT2D eigenvalue weighted by Gasteiger charge is 2.21. The van der Waals surface area contributed by atoms with Gasteiger partial charge in [-0.1, -0.05) is 0 Å². The molecule has 1 aromatic carbocycles. The summed E-state index contributed by atoms with van der Waals surface area (Å²) in [6, 6.07) is 4.49. The number of piperazine rings is 1. The van der Waals surface area contributed by atoms with Crippen LogP contribution in [-0.4, -0.2) is 61.2 Å². The first kappa shape index (κ1) is 14.2. The van der Waals surface area contributed by atoms with Gasteiger partial charge in [-0.15, -0.1) is 0 Å². The number of aromatic hydroxyl groups is 1. The van der Waals surface area contributed by atoms with Crippen molar-refractivity contribution in [2.45, 2.75) is 12.6 Å². The maximum Gasteiger partial charge on any atom is 0.123 e. The van der Waals surface area contributed by atoms with Crippen LogP contribution in [0.1, 0.15) is 5.56 Å². The number of phenols is 1. The van der Waals surface area contributed by atoms with Gasteiger partial charge in [0.25, 0.3) is 0 Å². The first-order valence-corrected chi connectivity index (χ1v) is 6.63. The molecule has 1 aliphatic rings. The van der Waals surface area contributed by atoms with Gasteiger partial charge in [-0.05, 0) is 32.3 Å². The van der Waals surface area contributed by atoms with E-state index in [4.69, 9.17) is 0 Å². The molecular formula is C14H22FN3O. The molecule has 1 saturated heterocycles. The molecule has 106 valence electrons. The lowest BCUT2D eigenvalue weighted by Crippen LogP contribution is -2.53. The van der Waals surface area contributed by atoms with Gasteiger partial charge in [0.15, 0.2) is 0 Å². The number of rotatable bonds is 4. The van der Waals surface area contributed by atoms with E-state index in [0.717, 1.165) is 26.2 Å². The SMILES string of the molecule is CN1CCN(C)C(CNCc2cc(F)ccc2O)C1. The normalized spacial score (nSPS) is 21.7. The molecule has 2 rings (SSSR count). The highest BCUT2D eigenvalue weighted by Crippen LogP contribution is 2.17. The monoisotopic (exact) mass is 267 g/mol. The minimum atomic E-state index is -0.316. The maximum atomic E-state index is 13.1. The molecular weight excluding hydrogens is 245 g/mol. The molecule has 1 atom stereocenters. The molecule has 1 aliphatic heterocycles. The Hall–Kier alpha value is -1.17. The van der Waals surface area contributed by atoms with Crippen LogP contribution in [0.4, 0.5) is 4.39 Å². The van der Waals surface area contributed by atoms with E-state index < -0.39 is 0 Å². The van der Waals surface area contributed by atoms with Crippen molar-refractivity contribution in [2.24, 2.45) is 0 Å². The van der Waals surface area contributed by atoms with Crippen molar-refractivity contribution in [3.8, 4) is 5.75 Å². The molecule has 0 radical (unpaired) electrons. The highest BCUT2D eigenvalue weighted by molar-refractivity contribution is 5.32. The van der Waals surface area contributed by atoms with Gasteiger partial charge in [-0.3, -0.25) is 4.90 Å². The Labute approximate surface area is 113 Å². The summed E-state index contributed by atoms with van der Waals surface area (Å²) in [5, 5.41) is 12.9. The average Bonchev–Trinajstić information content (AvgIpc) is 2.38. The van der Waals surface area contributed by atoms with Crippen molar-refractivity contribution in [3.63, 3.8) is 0 Å². The molecule has 0 saturated carbocycles. The fourth-order valence-corrected chi connectivity index (χ4v) is 2.39. The fraction of sp³-hybridized carbons (Fsp3) is 0.571. The zero-order valence-corrected chi connectivity index (χ0v) is 11.6. The number of halogens is 1. The van der Waals surface area contributed by atoms with Gasteiger partial charge >= 0.3 is 0 Å². The lowest BCUT2D eigenvalue weighted by atomic mass is 10.1. The van der Waals surface area contributed by atoms with E-state index in [-0.39, 0.29) is 11.6 Å². The van der Waals surface area contributed by atoms with Crippen molar-refractivity contribution in [1.29, 1.82) is 0 Å². The Kier molecular flexibility index (Phi) is 4.74. The van der Waals surface area contributed by atoms with Crippen molar-refractivity contribution >= 4 is 0 Å². The van der Waals surface area contributed by atoms with Crippen molar-refractivity contribution in [3.05, 3.63) is 29.6 Å². The summed E-state index contributed by atoms with van der Waals surface area (Å²) < 4.78 is 13.1. The molecule has 5 heteroatoms. The predicted molar refractivity (Wildman–Crippen MR) is 73.7 cm³/mol. The number of hydrogen-bond donors (Lipinski definition) is 2. The topological polar surface area (TPSA) is 38.7 Å². The molecule has 1 aromatic rings. The largest absolute Gasteiger partial charge is 0.508 e. The lowest BCUT2D eigenvalue weighted by molar-refractivity contribution is 0.113. The summed E-state index contributed by atoms with van der Waals surface area (Å²) in [6.45, 7) is 4.50. The van der Waals surface area contributed by atoms with E-state index in [1.54, 1.807) is 0 Å². The molecule has 19 heavy (non-hydrogen) atoms. The predicted octanol–water partition coefficient (Wildman–Crippen LogP) is 0.867. The van der Waals surface area contributed by atoms with E-state index >= 15 is 0 Å². The first-order chi connectivity index (χ1) is 9.06. The second kappa shape index (κ2) is 6.32. The van der Waals surface area contributed by atoms with Crippen molar-refractivity contribution in [1.82, 2.24) is 15.1 Å². The number of benzene rings is 1. The van der Waals surface area contributed by atoms with Crippen LogP contribution in [0.5, 0.6) is 5.75 Å². The third-order valence-electron chi connectivity index (χ3n) is 3.72. The Morgan fingerprint density at radius 1 is 1.37 bits per heavy atom.